The van der Waals surface area contributed by atoms with Gasteiger partial charge < -0.3 is 9.94 Å². The number of aliphatic hydroxyl groups is 1. The van der Waals surface area contributed by atoms with Crippen molar-refractivity contribution in [1.82, 2.24) is 4.90 Å². The fourth-order valence-corrected chi connectivity index (χ4v) is 3.28. The van der Waals surface area contributed by atoms with Crippen LogP contribution >= 0.6 is 0 Å². The lowest BCUT2D eigenvalue weighted by molar-refractivity contribution is 0.00591. The second kappa shape index (κ2) is 9.73. The summed E-state index contributed by atoms with van der Waals surface area (Å²) in [5.74, 6) is 0. The molecule has 1 aliphatic rings. The van der Waals surface area contributed by atoms with Crippen molar-refractivity contribution < 1.29 is 9.94 Å². The fraction of sp³-hybridized carbons (Fsp3) is 0.571. The van der Waals surface area contributed by atoms with Gasteiger partial charge in [0.25, 0.3) is 0 Å². The lowest BCUT2D eigenvalue weighted by Crippen LogP contribution is -2.43. The first kappa shape index (κ1) is 19.7. The van der Waals surface area contributed by atoms with Crippen LogP contribution in [-0.2, 0) is 4.84 Å². The quantitative estimate of drug-likeness (QED) is 0.722. The Morgan fingerprint density at radius 3 is 2.44 bits per heavy atom. The Kier molecular flexibility index (Phi) is 7.66. The molecule has 1 aromatic carbocycles. The van der Waals surface area contributed by atoms with Gasteiger partial charge in [-0.25, -0.2) is 0 Å². The Morgan fingerprint density at radius 2 is 1.80 bits per heavy atom. The van der Waals surface area contributed by atoms with Gasteiger partial charge in [0.2, 0.25) is 0 Å². The standard InChI is InChI=1S/C21H32N2O2/c1-16(2)23(17(3)4)14-20(24)15-25-22-21-12-8-11-19(21)13-18-9-6-5-7-10-18/h5-7,9-10,13,16-17,20,24H,8,11-12,14-15H2,1-4H3/b19-13+,22-21?/t20-/m0/s1. The summed E-state index contributed by atoms with van der Waals surface area (Å²) in [6.07, 6.45) is 4.74. The summed E-state index contributed by atoms with van der Waals surface area (Å²) in [4.78, 5) is 7.74. The number of hydrogen-bond acceptors (Lipinski definition) is 4. The minimum atomic E-state index is -0.530. The van der Waals surface area contributed by atoms with Crippen molar-refractivity contribution in [3.63, 3.8) is 0 Å². The zero-order valence-corrected chi connectivity index (χ0v) is 16.0. The molecule has 0 unspecified atom stereocenters. The van der Waals surface area contributed by atoms with Crippen LogP contribution in [0.25, 0.3) is 6.08 Å². The number of oxime groups is 1. The van der Waals surface area contributed by atoms with E-state index in [2.05, 4.69) is 56.0 Å². The van der Waals surface area contributed by atoms with Crippen molar-refractivity contribution in [2.24, 2.45) is 5.16 Å². The van der Waals surface area contributed by atoms with E-state index in [0.29, 0.717) is 18.6 Å². The van der Waals surface area contributed by atoms with Crippen molar-refractivity contribution in [2.75, 3.05) is 13.2 Å². The third-order valence-corrected chi connectivity index (χ3v) is 4.56. The Labute approximate surface area is 152 Å². The topological polar surface area (TPSA) is 45.1 Å². The molecule has 25 heavy (non-hydrogen) atoms. The van der Waals surface area contributed by atoms with Crippen LogP contribution in [-0.4, -0.2) is 47.1 Å². The molecule has 1 saturated carbocycles. The highest BCUT2D eigenvalue weighted by Crippen LogP contribution is 2.24. The first-order chi connectivity index (χ1) is 12.0. The van der Waals surface area contributed by atoms with Gasteiger partial charge in [0, 0.05) is 18.6 Å². The minimum absolute atomic E-state index is 0.234. The Morgan fingerprint density at radius 1 is 1.12 bits per heavy atom. The molecule has 0 heterocycles. The van der Waals surface area contributed by atoms with Gasteiger partial charge in [-0.15, -0.1) is 0 Å². The first-order valence-corrected chi connectivity index (χ1v) is 9.36. The highest BCUT2D eigenvalue weighted by Gasteiger charge is 2.19. The minimum Gasteiger partial charge on any atom is -0.393 e. The van der Waals surface area contributed by atoms with Gasteiger partial charge in [0.15, 0.2) is 0 Å². The molecule has 0 saturated heterocycles. The second-order valence-corrected chi connectivity index (χ2v) is 7.31. The zero-order valence-electron chi connectivity index (χ0n) is 16.0. The average Bonchev–Trinajstić information content (AvgIpc) is 3.00. The van der Waals surface area contributed by atoms with E-state index in [4.69, 9.17) is 4.84 Å². The molecule has 0 spiro atoms. The SMILES string of the molecule is CC(C)N(C[C@H](O)CON=C1CCC/C1=C\c1ccccc1)C(C)C. The van der Waals surface area contributed by atoms with E-state index in [1.165, 1.54) is 11.1 Å². The second-order valence-electron chi connectivity index (χ2n) is 7.31. The average molecular weight is 344 g/mol. The maximum Gasteiger partial charge on any atom is 0.144 e. The van der Waals surface area contributed by atoms with Gasteiger partial charge >= 0.3 is 0 Å². The molecular formula is C21H32N2O2. The number of allylic oxidation sites excluding steroid dienone is 1. The molecule has 1 aromatic rings. The van der Waals surface area contributed by atoms with E-state index in [1.807, 2.05) is 18.2 Å². The molecule has 1 N–H and O–H groups in total. The zero-order chi connectivity index (χ0) is 18.2. The smallest absolute Gasteiger partial charge is 0.144 e. The van der Waals surface area contributed by atoms with Crippen molar-refractivity contribution in [3.05, 3.63) is 41.5 Å². The Hall–Kier alpha value is -1.65. The molecular weight excluding hydrogens is 312 g/mol. The molecule has 138 valence electrons. The number of nitrogens with zero attached hydrogens (tertiary/aromatic N) is 2. The molecule has 0 amide bonds. The summed E-state index contributed by atoms with van der Waals surface area (Å²) in [6.45, 7) is 9.42. The third kappa shape index (κ3) is 6.29. The van der Waals surface area contributed by atoms with Crippen LogP contribution in [0.15, 0.2) is 41.1 Å². The molecule has 0 aromatic heterocycles. The molecule has 2 rings (SSSR count). The van der Waals surface area contributed by atoms with E-state index in [1.54, 1.807) is 0 Å². The van der Waals surface area contributed by atoms with Crippen LogP contribution in [0.1, 0.15) is 52.5 Å². The number of hydrogen-bond donors (Lipinski definition) is 1. The van der Waals surface area contributed by atoms with E-state index in [0.717, 1.165) is 25.0 Å². The predicted octanol–water partition coefficient (Wildman–Crippen LogP) is 4.11. The van der Waals surface area contributed by atoms with E-state index in [9.17, 15) is 5.11 Å². The third-order valence-electron chi connectivity index (χ3n) is 4.56. The van der Waals surface area contributed by atoms with E-state index >= 15 is 0 Å². The number of aliphatic hydroxyl groups excluding tert-OH is 1. The summed E-state index contributed by atoms with van der Waals surface area (Å²) in [5, 5.41) is 14.5. The van der Waals surface area contributed by atoms with Crippen molar-refractivity contribution in [2.45, 2.75) is 65.1 Å². The van der Waals surface area contributed by atoms with Gasteiger partial charge in [-0.05, 0) is 64.2 Å². The summed E-state index contributed by atoms with van der Waals surface area (Å²) in [7, 11) is 0. The molecule has 0 aliphatic heterocycles. The van der Waals surface area contributed by atoms with Gasteiger partial charge in [-0.2, -0.15) is 0 Å². The molecule has 0 radical (unpaired) electrons. The van der Waals surface area contributed by atoms with E-state index < -0.39 is 6.10 Å². The van der Waals surface area contributed by atoms with E-state index in [-0.39, 0.29) is 6.61 Å². The molecule has 4 nitrogen and oxygen atoms in total. The van der Waals surface area contributed by atoms with Crippen LogP contribution < -0.4 is 0 Å². The highest BCUT2D eigenvalue weighted by atomic mass is 16.6. The molecule has 0 bridgehead atoms. The molecule has 1 fully saturated rings. The molecule has 4 heteroatoms. The van der Waals surface area contributed by atoms with Gasteiger partial charge in [-0.1, -0.05) is 35.5 Å². The summed E-state index contributed by atoms with van der Waals surface area (Å²) in [6, 6.07) is 11.1. The summed E-state index contributed by atoms with van der Waals surface area (Å²) in [5.41, 5.74) is 3.45. The molecule has 1 aliphatic carbocycles. The van der Waals surface area contributed by atoms with Crippen LogP contribution in [0.3, 0.4) is 0 Å². The highest BCUT2D eigenvalue weighted by molar-refractivity contribution is 6.05. The largest absolute Gasteiger partial charge is 0.393 e. The normalized spacial score (nSPS) is 19.5. The Bertz CT molecular complexity index is 571. The molecule has 1 atom stereocenters. The fourth-order valence-electron chi connectivity index (χ4n) is 3.28. The lowest BCUT2D eigenvalue weighted by atomic mass is 10.1. The summed E-state index contributed by atoms with van der Waals surface area (Å²) < 4.78 is 0. The van der Waals surface area contributed by atoms with Crippen LogP contribution in [0, 0.1) is 0 Å². The monoisotopic (exact) mass is 344 g/mol. The van der Waals surface area contributed by atoms with Crippen LogP contribution in [0.4, 0.5) is 0 Å². The lowest BCUT2D eigenvalue weighted by Gasteiger charge is -2.31. The maximum atomic E-state index is 10.2. The maximum absolute atomic E-state index is 10.2. The summed E-state index contributed by atoms with van der Waals surface area (Å²) >= 11 is 0. The van der Waals surface area contributed by atoms with Gasteiger partial charge in [0.1, 0.15) is 12.7 Å². The number of rotatable bonds is 8. The predicted molar refractivity (Wildman–Crippen MR) is 105 cm³/mol. The van der Waals surface area contributed by atoms with Crippen LogP contribution in [0.5, 0.6) is 0 Å². The van der Waals surface area contributed by atoms with Gasteiger partial charge in [-0.3, -0.25) is 4.90 Å². The van der Waals surface area contributed by atoms with Crippen molar-refractivity contribution >= 4 is 11.8 Å². The Balaban J connectivity index is 1.89. The van der Waals surface area contributed by atoms with Gasteiger partial charge in [0.05, 0.1) is 5.71 Å². The first-order valence-electron chi connectivity index (χ1n) is 9.36. The van der Waals surface area contributed by atoms with Crippen molar-refractivity contribution in [3.8, 4) is 0 Å². The number of benzene rings is 1. The van der Waals surface area contributed by atoms with Crippen molar-refractivity contribution in [1.29, 1.82) is 0 Å². The van der Waals surface area contributed by atoms with Crippen LogP contribution in [0.2, 0.25) is 0 Å².